The Bertz CT molecular complexity index is 615. The van der Waals surface area contributed by atoms with Crippen LogP contribution in [-0.4, -0.2) is 12.5 Å². The number of carbonyl (C=O) groups excluding carboxylic acids is 1. The van der Waals surface area contributed by atoms with Crippen molar-refractivity contribution in [1.29, 1.82) is 0 Å². The molecule has 4 fully saturated rings. The zero-order valence-electron chi connectivity index (χ0n) is 14.2. The maximum atomic E-state index is 12.8. The number of benzene rings is 1. The summed E-state index contributed by atoms with van der Waals surface area (Å²) in [6.07, 6.45) is 3.27. The molecule has 4 aliphatic carbocycles. The highest BCUT2D eigenvalue weighted by Crippen LogP contribution is 2.60. The predicted octanol–water partition coefficient (Wildman–Crippen LogP) is 4.58. The number of hydrogen-bond donors (Lipinski definition) is 1. The van der Waals surface area contributed by atoms with Gasteiger partial charge in [-0.1, -0.05) is 12.1 Å². The van der Waals surface area contributed by atoms with Gasteiger partial charge < -0.3 is 5.32 Å². The first kappa shape index (κ1) is 16.9. The first-order chi connectivity index (χ1) is 11.8. The van der Waals surface area contributed by atoms with Crippen molar-refractivity contribution in [2.75, 3.05) is 6.54 Å². The Hall–Kier alpha value is -1.52. The second-order valence-electron chi connectivity index (χ2n) is 8.40. The SMILES string of the molecule is O=C(NCCc1ccc(C(F)(F)F)cc1)C12CC3CC(CC(C3)C1)C2. The Morgan fingerprint density at radius 1 is 1.00 bits per heavy atom. The van der Waals surface area contributed by atoms with Crippen molar-refractivity contribution in [3.05, 3.63) is 35.4 Å². The molecule has 1 amide bonds. The van der Waals surface area contributed by atoms with Crippen LogP contribution in [0, 0.1) is 23.2 Å². The summed E-state index contributed by atoms with van der Waals surface area (Å²) in [4.78, 5) is 12.8. The van der Waals surface area contributed by atoms with Crippen molar-refractivity contribution < 1.29 is 18.0 Å². The molecule has 136 valence electrons. The Morgan fingerprint density at radius 3 is 2.00 bits per heavy atom. The van der Waals surface area contributed by atoms with Gasteiger partial charge in [0.1, 0.15) is 0 Å². The Balaban J connectivity index is 1.32. The smallest absolute Gasteiger partial charge is 0.355 e. The van der Waals surface area contributed by atoms with Gasteiger partial charge in [-0.05, 0) is 80.4 Å². The maximum Gasteiger partial charge on any atom is 0.416 e. The van der Waals surface area contributed by atoms with Gasteiger partial charge in [-0.25, -0.2) is 0 Å². The number of halogens is 3. The Labute approximate surface area is 146 Å². The fraction of sp³-hybridized carbons (Fsp3) is 0.650. The van der Waals surface area contributed by atoms with E-state index in [1.807, 2.05) is 0 Å². The molecule has 0 aliphatic heterocycles. The van der Waals surface area contributed by atoms with E-state index in [0.29, 0.717) is 13.0 Å². The molecule has 5 heteroatoms. The standard InChI is InChI=1S/C20H24F3NO/c21-20(22,23)17-3-1-13(2-4-17)5-6-24-18(25)19-10-14-7-15(11-19)9-16(8-14)12-19/h1-4,14-16H,5-12H2,(H,24,25). The van der Waals surface area contributed by atoms with Crippen LogP contribution in [0.4, 0.5) is 13.2 Å². The third-order valence-corrected chi connectivity index (χ3v) is 6.50. The van der Waals surface area contributed by atoms with E-state index in [9.17, 15) is 18.0 Å². The molecular weight excluding hydrogens is 327 g/mol. The van der Waals surface area contributed by atoms with Crippen molar-refractivity contribution in [2.24, 2.45) is 23.2 Å². The van der Waals surface area contributed by atoms with Crippen LogP contribution in [0.25, 0.3) is 0 Å². The van der Waals surface area contributed by atoms with Crippen LogP contribution in [0.15, 0.2) is 24.3 Å². The molecule has 4 aliphatic rings. The average Bonchev–Trinajstić information content (AvgIpc) is 2.53. The van der Waals surface area contributed by atoms with E-state index in [-0.39, 0.29) is 11.3 Å². The lowest BCUT2D eigenvalue weighted by atomic mass is 9.49. The largest absolute Gasteiger partial charge is 0.416 e. The molecule has 0 heterocycles. The molecule has 25 heavy (non-hydrogen) atoms. The van der Waals surface area contributed by atoms with Crippen molar-refractivity contribution in [3.8, 4) is 0 Å². The Morgan fingerprint density at radius 2 is 1.52 bits per heavy atom. The lowest BCUT2D eigenvalue weighted by molar-refractivity contribution is -0.146. The van der Waals surface area contributed by atoms with E-state index in [1.54, 1.807) is 0 Å². The van der Waals surface area contributed by atoms with E-state index in [0.717, 1.165) is 54.7 Å². The molecule has 1 aromatic carbocycles. The fourth-order valence-corrected chi connectivity index (χ4v) is 5.76. The highest BCUT2D eigenvalue weighted by atomic mass is 19.4. The Kier molecular flexibility index (Phi) is 4.08. The van der Waals surface area contributed by atoms with Crippen LogP contribution in [-0.2, 0) is 17.4 Å². The van der Waals surface area contributed by atoms with Crippen molar-refractivity contribution in [3.63, 3.8) is 0 Å². The highest BCUT2D eigenvalue weighted by Gasteiger charge is 2.54. The van der Waals surface area contributed by atoms with Gasteiger partial charge >= 0.3 is 6.18 Å². The van der Waals surface area contributed by atoms with Crippen molar-refractivity contribution >= 4 is 5.91 Å². The van der Waals surface area contributed by atoms with Gasteiger partial charge in [0.25, 0.3) is 0 Å². The number of hydrogen-bond acceptors (Lipinski definition) is 1. The molecule has 4 bridgehead atoms. The zero-order valence-corrected chi connectivity index (χ0v) is 14.2. The van der Waals surface area contributed by atoms with Crippen LogP contribution in [0.5, 0.6) is 0 Å². The number of carbonyl (C=O) groups is 1. The van der Waals surface area contributed by atoms with Crippen molar-refractivity contribution in [1.82, 2.24) is 5.32 Å². The minimum absolute atomic E-state index is 0.158. The number of nitrogens with one attached hydrogen (secondary N) is 1. The predicted molar refractivity (Wildman–Crippen MR) is 88.8 cm³/mol. The third kappa shape index (κ3) is 3.30. The molecule has 1 aromatic rings. The number of rotatable bonds is 4. The van der Waals surface area contributed by atoms with Crippen LogP contribution in [0.2, 0.25) is 0 Å². The number of alkyl halides is 3. The van der Waals surface area contributed by atoms with Crippen LogP contribution < -0.4 is 5.32 Å². The number of amides is 1. The molecule has 0 unspecified atom stereocenters. The summed E-state index contributed by atoms with van der Waals surface area (Å²) in [7, 11) is 0. The van der Waals surface area contributed by atoms with Gasteiger partial charge in [0.2, 0.25) is 5.91 Å². The van der Waals surface area contributed by atoms with Gasteiger partial charge in [-0.2, -0.15) is 13.2 Å². The molecule has 0 aromatic heterocycles. The summed E-state index contributed by atoms with van der Waals surface area (Å²) in [5.74, 6) is 2.37. The van der Waals surface area contributed by atoms with E-state index in [1.165, 1.54) is 31.4 Å². The normalized spacial score (nSPS) is 33.5. The van der Waals surface area contributed by atoms with Gasteiger partial charge in [0, 0.05) is 12.0 Å². The summed E-state index contributed by atoms with van der Waals surface area (Å²) >= 11 is 0. The van der Waals surface area contributed by atoms with E-state index in [2.05, 4.69) is 5.32 Å². The molecule has 0 radical (unpaired) electrons. The van der Waals surface area contributed by atoms with Gasteiger partial charge in [-0.15, -0.1) is 0 Å². The summed E-state index contributed by atoms with van der Waals surface area (Å²) in [5, 5.41) is 3.07. The summed E-state index contributed by atoms with van der Waals surface area (Å²) < 4.78 is 37.7. The molecule has 0 atom stereocenters. The maximum absolute atomic E-state index is 12.8. The lowest BCUT2D eigenvalue weighted by Gasteiger charge is -2.55. The van der Waals surface area contributed by atoms with E-state index >= 15 is 0 Å². The molecule has 2 nitrogen and oxygen atoms in total. The van der Waals surface area contributed by atoms with Gasteiger partial charge in [-0.3, -0.25) is 4.79 Å². The van der Waals surface area contributed by atoms with Crippen LogP contribution in [0.3, 0.4) is 0 Å². The van der Waals surface area contributed by atoms with Crippen LogP contribution in [0.1, 0.15) is 49.7 Å². The second-order valence-corrected chi connectivity index (χ2v) is 8.40. The van der Waals surface area contributed by atoms with Gasteiger partial charge in [0.05, 0.1) is 5.56 Å². The zero-order chi connectivity index (χ0) is 17.7. The molecule has 1 N–H and O–H groups in total. The van der Waals surface area contributed by atoms with Crippen LogP contribution >= 0.6 is 0 Å². The first-order valence-electron chi connectivity index (χ1n) is 9.28. The third-order valence-electron chi connectivity index (χ3n) is 6.50. The molecule has 0 saturated heterocycles. The molecule has 4 saturated carbocycles. The molecular formula is C20H24F3NO. The highest BCUT2D eigenvalue weighted by molar-refractivity contribution is 5.83. The monoisotopic (exact) mass is 351 g/mol. The fourth-order valence-electron chi connectivity index (χ4n) is 5.76. The quantitative estimate of drug-likeness (QED) is 0.845. The van der Waals surface area contributed by atoms with Crippen molar-refractivity contribution in [2.45, 2.75) is 51.1 Å². The molecule has 0 spiro atoms. The summed E-state index contributed by atoms with van der Waals surface area (Å²) in [5.41, 5.74) is 0.0298. The topological polar surface area (TPSA) is 29.1 Å². The van der Waals surface area contributed by atoms with E-state index in [4.69, 9.17) is 0 Å². The summed E-state index contributed by atoms with van der Waals surface area (Å²) in [6, 6.07) is 5.21. The summed E-state index contributed by atoms with van der Waals surface area (Å²) in [6.45, 7) is 0.492. The second kappa shape index (κ2) is 6.03. The average molecular weight is 351 g/mol. The van der Waals surface area contributed by atoms with E-state index < -0.39 is 11.7 Å². The first-order valence-corrected chi connectivity index (χ1v) is 9.28. The van der Waals surface area contributed by atoms with Gasteiger partial charge in [0.15, 0.2) is 0 Å². The lowest BCUT2D eigenvalue weighted by Crippen LogP contribution is -2.53. The minimum Gasteiger partial charge on any atom is -0.355 e. The minimum atomic E-state index is -4.30. The molecule has 5 rings (SSSR count).